The number of benzene rings is 1. The molecule has 1 aromatic carbocycles. The summed E-state index contributed by atoms with van der Waals surface area (Å²) < 4.78 is 34.0. The van der Waals surface area contributed by atoms with Gasteiger partial charge in [0.05, 0.1) is 18.4 Å². The highest BCUT2D eigenvalue weighted by molar-refractivity contribution is 7.13. The summed E-state index contributed by atoms with van der Waals surface area (Å²) in [7, 11) is 0. The molecule has 3 aromatic rings. The Kier molecular flexibility index (Phi) is 6.50. The molecule has 0 saturated carbocycles. The predicted octanol–water partition coefficient (Wildman–Crippen LogP) is 3.18. The average Bonchev–Trinajstić information content (AvgIpc) is 3.40. The van der Waals surface area contributed by atoms with Crippen molar-refractivity contribution in [3.05, 3.63) is 59.4 Å². The first-order valence-corrected chi connectivity index (χ1v) is 10.6. The van der Waals surface area contributed by atoms with Crippen molar-refractivity contribution >= 4 is 22.9 Å². The number of aromatic nitrogens is 2. The number of aliphatic hydroxyl groups excluding tert-OH is 1. The normalized spacial score (nSPS) is 16.4. The van der Waals surface area contributed by atoms with E-state index in [4.69, 9.17) is 9.84 Å². The Morgan fingerprint density at radius 2 is 2.13 bits per heavy atom. The molecule has 4 rings (SSSR count). The molecular weight excluding hydrogens is 426 g/mol. The van der Waals surface area contributed by atoms with Crippen LogP contribution < -0.4 is 10.1 Å². The summed E-state index contributed by atoms with van der Waals surface area (Å²) >= 11 is 0.980. The Morgan fingerprint density at radius 1 is 1.32 bits per heavy atom. The van der Waals surface area contributed by atoms with Crippen LogP contribution in [-0.2, 0) is 0 Å². The molecule has 1 aliphatic heterocycles. The van der Waals surface area contributed by atoms with E-state index in [1.54, 1.807) is 12.3 Å². The summed E-state index contributed by atoms with van der Waals surface area (Å²) in [5, 5.41) is 13.3. The molecule has 31 heavy (non-hydrogen) atoms. The van der Waals surface area contributed by atoms with E-state index in [0.29, 0.717) is 24.5 Å². The number of nitrogens with one attached hydrogen (secondary N) is 1. The summed E-state index contributed by atoms with van der Waals surface area (Å²) in [4.78, 5) is 22.9. The SMILES string of the molecule is O=C(Nc1cnccc1OC1CCN(CCO)C1)c1csc(-c2c(F)cccc2F)n1. The molecule has 3 heterocycles. The van der Waals surface area contributed by atoms with E-state index >= 15 is 0 Å². The van der Waals surface area contributed by atoms with E-state index in [1.165, 1.54) is 17.6 Å². The lowest BCUT2D eigenvalue weighted by Crippen LogP contribution is -2.27. The van der Waals surface area contributed by atoms with Crippen molar-refractivity contribution in [3.63, 3.8) is 0 Å². The van der Waals surface area contributed by atoms with Gasteiger partial charge in [0, 0.05) is 37.3 Å². The van der Waals surface area contributed by atoms with Crippen LogP contribution in [0.4, 0.5) is 14.5 Å². The maximum atomic E-state index is 14.0. The number of hydrogen-bond acceptors (Lipinski definition) is 7. The van der Waals surface area contributed by atoms with Crippen molar-refractivity contribution in [3.8, 4) is 16.3 Å². The molecule has 10 heteroatoms. The van der Waals surface area contributed by atoms with Gasteiger partial charge in [-0.25, -0.2) is 13.8 Å². The van der Waals surface area contributed by atoms with Gasteiger partial charge in [-0.3, -0.25) is 14.7 Å². The summed E-state index contributed by atoms with van der Waals surface area (Å²) in [5.41, 5.74) is 0.151. The second-order valence-electron chi connectivity index (χ2n) is 7.01. The third kappa shape index (κ3) is 4.87. The van der Waals surface area contributed by atoms with Gasteiger partial charge in [-0.15, -0.1) is 11.3 Å². The average molecular weight is 446 g/mol. The van der Waals surface area contributed by atoms with Gasteiger partial charge in [0.25, 0.3) is 5.91 Å². The number of nitrogens with zero attached hydrogens (tertiary/aromatic N) is 3. The van der Waals surface area contributed by atoms with E-state index in [-0.39, 0.29) is 29.0 Å². The molecule has 1 atom stereocenters. The van der Waals surface area contributed by atoms with Crippen LogP contribution in [0.1, 0.15) is 16.9 Å². The maximum absolute atomic E-state index is 14.0. The van der Waals surface area contributed by atoms with Crippen LogP contribution in [0, 0.1) is 11.6 Å². The number of aliphatic hydroxyl groups is 1. The number of carbonyl (C=O) groups is 1. The number of carbonyl (C=O) groups excluding carboxylic acids is 1. The number of anilines is 1. The smallest absolute Gasteiger partial charge is 0.275 e. The zero-order valence-electron chi connectivity index (χ0n) is 16.4. The summed E-state index contributed by atoms with van der Waals surface area (Å²) in [5.74, 6) is -1.55. The monoisotopic (exact) mass is 446 g/mol. The lowest BCUT2D eigenvalue weighted by molar-refractivity contribution is 0.102. The molecule has 0 aliphatic carbocycles. The second kappa shape index (κ2) is 9.46. The Bertz CT molecular complexity index is 1060. The number of thiazole rings is 1. The first-order valence-electron chi connectivity index (χ1n) is 9.70. The first kappa shape index (κ1) is 21.3. The van der Waals surface area contributed by atoms with Gasteiger partial charge in [-0.1, -0.05) is 6.07 Å². The summed E-state index contributed by atoms with van der Waals surface area (Å²) in [6.07, 6.45) is 3.77. The number of pyridine rings is 1. The Balaban J connectivity index is 1.47. The number of amides is 1. The zero-order chi connectivity index (χ0) is 21.8. The molecule has 0 radical (unpaired) electrons. The van der Waals surface area contributed by atoms with E-state index in [0.717, 1.165) is 36.4 Å². The molecule has 2 aromatic heterocycles. The van der Waals surface area contributed by atoms with Crippen LogP contribution in [0.3, 0.4) is 0 Å². The van der Waals surface area contributed by atoms with Crippen molar-refractivity contribution in [2.24, 2.45) is 0 Å². The molecule has 2 N–H and O–H groups in total. The highest BCUT2D eigenvalue weighted by Crippen LogP contribution is 2.30. The fourth-order valence-corrected chi connectivity index (χ4v) is 4.22. The number of likely N-dealkylation sites (tertiary alicyclic amines) is 1. The van der Waals surface area contributed by atoms with Crippen LogP contribution in [0.25, 0.3) is 10.6 Å². The molecule has 1 amide bonds. The van der Waals surface area contributed by atoms with Gasteiger partial charge in [0.2, 0.25) is 0 Å². The molecule has 1 saturated heterocycles. The number of β-amino-alcohol motifs (C(OH)–C–C–N with tert-alkyl or cyclic N) is 1. The highest BCUT2D eigenvalue weighted by atomic mass is 32.1. The topological polar surface area (TPSA) is 87.6 Å². The fourth-order valence-electron chi connectivity index (χ4n) is 3.38. The van der Waals surface area contributed by atoms with Crippen molar-refractivity contribution in [1.82, 2.24) is 14.9 Å². The quantitative estimate of drug-likeness (QED) is 0.580. The molecule has 0 bridgehead atoms. The predicted molar refractivity (Wildman–Crippen MR) is 112 cm³/mol. The third-order valence-electron chi connectivity index (χ3n) is 4.88. The standard InChI is InChI=1S/C21H20F2N4O3S/c22-14-2-1-3-15(23)19(14)21-26-17(12-31-21)20(29)25-16-10-24-6-4-18(16)30-13-5-7-27(11-13)8-9-28/h1-4,6,10,12-13,28H,5,7-9,11H2,(H,25,29). The minimum absolute atomic E-state index is 0.0347. The van der Waals surface area contributed by atoms with Crippen LogP contribution in [0.5, 0.6) is 5.75 Å². The molecular formula is C21H20F2N4O3S. The van der Waals surface area contributed by atoms with Crippen molar-refractivity contribution < 1.29 is 23.4 Å². The lowest BCUT2D eigenvalue weighted by Gasteiger charge is -2.17. The second-order valence-corrected chi connectivity index (χ2v) is 7.87. The Hall–Kier alpha value is -2.95. The number of halogens is 2. The fraction of sp³-hybridized carbons (Fsp3) is 0.286. The lowest BCUT2D eigenvalue weighted by atomic mass is 10.2. The van der Waals surface area contributed by atoms with Gasteiger partial charge in [0.1, 0.15) is 39.9 Å². The molecule has 162 valence electrons. The molecule has 1 aliphatic rings. The minimum atomic E-state index is -0.740. The van der Waals surface area contributed by atoms with Crippen molar-refractivity contribution in [1.29, 1.82) is 0 Å². The molecule has 0 spiro atoms. The van der Waals surface area contributed by atoms with Crippen molar-refractivity contribution in [2.45, 2.75) is 12.5 Å². The number of ether oxygens (including phenoxy) is 1. The van der Waals surface area contributed by atoms with Crippen LogP contribution >= 0.6 is 11.3 Å². The van der Waals surface area contributed by atoms with Crippen LogP contribution in [0.2, 0.25) is 0 Å². The van der Waals surface area contributed by atoms with Crippen molar-refractivity contribution in [2.75, 3.05) is 31.6 Å². The minimum Gasteiger partial charge on any atom is -0.487 e. The van der Waals surface area contributed by atoms with Gasteiger partial charge < -0.3 is 15.2 Å². The third-order valence-corrected chi connectivity index (χ3v) is 5.74. The first-order chi connectivity index (χ1) is 15.0. The zero-order valence-corrected chi connectivity index (χ0v) is 17.2. The van der Waals surface area contributed by atoms with Crippen LogP contribution in [0.15, 0.2) is 42.0 Å². The van der Waals surface area contributed by atoms with E-state index in [9.17, 15) is 13.6 Å². The molecule has 1 fully saturated rings. The van der Waals surface area contributed by atoms with Gasteiger partial charge in [0.15, 0.2) is 0 Å². The van der Waals surface area contributed by atoms with E-state index < -0.39 is 17.5 Å². The molecule has 1 unspecified atom stereocenters. The largest absolute Gasteiger partial charge is 0.487 e. The van der Waals surface area contributed by atoms with Gasteiger partial charge >= 0.3 is 0 Å². The maximum Gasteiger partial charge on any atom is 0.275 e. The Labute approximate surface area is 181 Å². The molecule has 7 nitrogen and oxygen atoms in total. The Morgan fingerprint density at radius 3 is 2.90 bits per heavy atom. The summed E-state index contributed by atoms with van der Waals surface area (Å²) in [6.45, 7) is 2.19. The van der Waals surface area contributed by atoms with Crippen LogP contribution in [-0.4, -0.2) is 58.2 Å². The van der Waals surface area contributed by atoms with E-state index in [1.807, 2.05) is 0 Å². The number of rotatable bonds is 7. The number of hydrogen-bond donors (Lipinski definition) is 2. The van der Waals surface area contributed by atoms with E-state index in [2.05, 4.69) is 20.2 Å². The van der Waals surface area contributed by atoms with Gasteiger partial charge in [-0.05, 0) is 18.6 Å². The van der Waals surface area contributed by atoms with Gasteiger partial charge in [-0.2, -0.15) is 0 Å². The summed E-state index contributed by atoms with van der Waals surface area (Å²) in [6, 6.07) is 5.21. The highest BCUT2D eigenvalue weighted by Gasteiger charge is 2.25.